The fourth-order valence-electron chi connectivity index (χ4n) is 5.77. The Morgan fingerprint density at radius 3 is 2.35 bits per heavy atom. The molecule has 0 amide bonds. The van der Waals surface area contributed by atoms with E-state index in [2.05, 4.69) is 48.9 Å². The van der Waals surface area contributed by atoms with Crippen LogP contribution >= 0.6 is 0 Å². The van der Waals surface area contributed by atoms with E-state index in [1.165, 1.54) is 32.8 Å². The maximum absolute atomic E-state index is 16.0. The van der Waals surface area contributed by atoms with Gasteiger partial charge in [-0.25, -0.2) is 31.5 Å². The molecule has 2 aromatic heterocycles. The predicted octanol–water partition coefficient (Wildman–Crippen LogP) is 6.62. The Morgan fingerprint density at radius 2 is 1.73 bits per heavy atom. The molecule has 15 heteroatoms. The van der Waals surface area contributed by atoms with Crippen LogP contribution in [0, 0.1) is 11.6 Å². The molecule has 0 aliphatic heterocycles. The zero-order chi connectivity index (χ0) is 35.7. The monoisotopic (exact) mass is 715 g/mol. The number of methoxy groups -OCH3 is 2. The fourth-order valence-corrected chi connectivity index (χ4v) is 8.61. The third kappa shape index (κ3) is 7.58. The number of hydrogen-bond donors (Lipinski definition) is 0. The Bertz CT molecular complexity index is 1890. The lowest BCUT2D eigenvalue weighted by molar-refractivity contribution is 0.147. The summed E-state index contributed by atoms with van der Waals surface area (Å²) in [5, 5.41) is 4.28. The van der Waals surface area contributed by atoms with Crippen LogP contribution in [0.25, 0.3) is 0 Å². The topological polar surface area (TPSA) is 118 Å². The van der Waals surface area contributed by atoms with Crippen molar-refractivity contribution in [2.24, 2.45) is 7.05 Å². The van der Waals surface area contributed by atoms with E-state index in [4.69, 9.17) is 18.6 Å². The normalized spacial score (nSPS) is 18.4. The molecule has 1 saturated carbocycles. The van der Waals surface area contributed by atoms with Gasteiger partial charge in [-0.3, -0.25) is 4.68 Å². The Labute approximate surface area is 287 Å². The summed E-state index contributed by atoms with van der Waals surface area (Å²) in [7, 11) is -2.14. The minimum absolute atomic E-state index is 0.0251. The van der Waals surface area contributed by atoms with Crippen LogP contribution < -0.4 is 18.5 Å². The lowest BCUT2D eigenvalue weighted by Gasteiger charge is -2.38. The van der Waals surface area contributed by atoms with Crippen LogP contribution in [0.4, 0.5) is 14.6 Å². The van der Waals surface area contributed by atoms with Crippen molar-refractivity contribution in [2.75, 3.05) is 18.5 Å². The van der Waals surface area contributed by atoms with E-state index < -0.39 is 46.7 Å². The summed E-state index contributed by atoms with van der Waals surface area (Å²) in [5.74, 6) is -2.05. The molecule has 11 nitrogen and oxygen atoms in total. The summed E-state index contributed by atoms with van der Waals surface area (Å²) in [6.45, 7) is 10.5. The summed E-state index contributed by atoms with van der Waals surface area (Å²) in [6, 6.07) is 9.53. The van der Waals surface area contributed by atoms with Gasteiger partial charge in [0.25, 0.3) is 10.0 Å². The highest BCUT2D eigenvalue weighted by molar-refractivity contribution is 7.92. The van der Waals surface area contributed by atoms with Crippen molar-refractivity contribution in [1.82, 2.24) is 19.7 Å². The van der Waals surface area contributed by atoms with Gasteiger partial charge in [-0.05, 0) is 42.8 Å². The van der Waals surface area contributed by atoms with Gasteiger partial charge in [0, 0.05) is 73.4 Å². The van der Waals surface area contributed by atoms with Gasteiger partial charge in [0.1, 0.15) is 40.5 Å². The molecule has 1 aliphatic carbocycles. The van der Waals surface area contributed by atoms with Crippen LogP contribution in [0.2, 0.25) is 18.1 Å². The standard InChI is InChI=1S/C34H43F2N5O6SSi/c1-34(2,3)49(7,8)47-24-15-25(28-11-14-39-40(28)4)30(17-24)46-31-18-27(36)32(19-26(31)35)48(42,43)41(33-12-13-37-21-38-33)20-22-9-10-23(44-5)16-29(22)45-6/h9-14,16,18-19,21,24-25,30H,15,17,20H2,1-8H3/t24-,25-,30+/m1/s1. The highest BCUT2D eigenvalue weighted by Gasteiger charge is 2.45. The molecule has 0 N–H and O–H groups in total. The number of benzene rings is 2. The molecule has 3 atom stereocenters. The van der Waals surface area contributed by atoms with Crippen LogP contribution in [-0.2, 0) is 28.0 Å². The summed E-state index contributed by atoms with van der Waals surface area (Å²) in [6.07, 6.45) is 4.49. The Morgan fingerprint density at radius 1 is 0.980 bits per heavy atom. The zero-order valence-corrected chi connectivity index (χ0v) is 30.8. The second kappa shape index (κ2) is 14.0. The van der Waals surface area contributed by atoms with Gasteiger partial charge >= 0.3 is 0 Å². The number of nitrogens with zero attached hydrogens (tertiary/aromatic N) is 5. The van der Waals surface area contributed by atoms with E-state index in [-0.39, 0.29) is 29.4 Å². The largest absolute Gasteiger partial charge is 0.497 e. The first kappa shape index (κ1) is 36.2. The molecular weight excluding hydrogens is 673 g/mol. The lowest BCUT2D eigenvalue weighted by atomic mass is 10.0. The van der Waals surface area contributed by atoms with E-state index in [9.17, 15) is 8.42 Å². The zero-order valence-electron chi connectivity index (χ0n) is 29.0. The summed E-state index contributed by atoms with van der Waals surface area (Å²) in [5.41, 5.74) is 1.31. The van der Waals surface area contributed by atoms with Crippen molar-refractivity contribution >= 4 is 24.2 Å². The molecule has 1 aliphatic rings. The molecule has 1 fully saturated rings. The maximum Gasteiger partial charge on any atom is 0.268 e. The molecule has 49 heavy (non-hydrogen) atoms. The van der Waals surface area contributed by atoms with Crippen molar-refractivity contribution in [3.05, 3.63) is 84.1 Å². The second-order valence-electron chi connectivity index (χ2n) is 13.6. The minimum Gasteiger partial charge on any atom is -0.497 e. The lowest BCUT2D eigenvalue weighted by Crippen LogP contribution is -2.43. The molecule has 2 heterocycles. The van der Waals surface area contributed by atoms with Gasteiger partial charge in [0.15, 0.2) is 19.9 Å². The highest BCUT2D eigenvalue weighted by Crippen LogP contribution is 2.44. The average molecular weight is 716 g/mol. The average Bonchev–Trinajstić information content (AvgIpc) is 3.65. The quantitative estimate of drug-likeness (QED) is 0.149. The molecular formula is C34H43F2N5O6SSi. The van der Waals surface area contributed by atoms with Crippen molar-refractivity contribution in [1.29, 1.82) is 0 Å². The first-order chi connectivity index (χ1) is 23.1. The van der Waals surface area contributed by atoms with E-state index >= 15 is 8.78 Å². The Kier molecular flexibility index (Phi) is 10.4. The molecule has 0 radical (unpaired) electrons. The van der Waals surface area contributed by atoms with E-state index in [0.29, 0.717) is 36.0 Å². The Hall–Kier alpha value is -4.08. The van der Waals surface area contributed by atoms with Gasteiger partial charge in [-0.2, -0.15) is 5.10 Å². The van der Waals surface area contributed by atoms with E-state index in [1.807, 2.05) is 13.1 Å². The van der Waals surface area contributed by atoms with Crippen LogP contribution in [0.1, 0.15) is 50.8 Å². The van der Waals surface area contributed by atoms with Gasteiger partial charge in [0.2, 0.25) is 0 Å². The molecule has 0 unspecified atom stereocenters. The van der Waals surface area contributed by atoms with Crippen molar-refractivity contribution in [3.63, 3.8) is 0 Å². The Balaban J connectivity index is 1.47. The number of aryl methyl sites for hydroxylation is 1. The fraction of sp³-hybridized carbons (Fsp3) is 0.441. The van der Waals surface area contributed by atoms with Crippen LogP contribution in [0.15, 0.2) is 66.1 Å². The highest BCUT2D eigenvalue weighted by atomic mass is 32.2. The van der Waals surface area contributed by atoms with Gasteiger partial charge < -0.3 is 18.6 Å². The SMILES string of the molecule is COc1ccc(CN(c2ccncn2)S(=O)(=O)c2cc(F)c(O[C@H]3C[C@H](O[Si](C)(C)C(C)(C)C)C[C@@H]3c3ccnn3C)cc2F)c(OC)c1. The maximum atomic E-state index is 16.0. The number of rotatable bonds is 12. The smallest absolute Gasteiger partial charge is 0.268 e. The first-order valence-corrected chi connectivity index (χ1v) is 20.2. The minimum atomic E-state index is -4.73. The van der Waals surface area contributed by atoms with Crippen molar-refractivity contribution in [3.8, 4) is 17.2 Å². The molecule has 0 spiro atoms. The number of ether oxygens (including phenoxy) is 3. The van der Waals surface area contributed by atoms with Gasteiger partial charge in [0.05, 0.1) is 20.8 Å². The number of hydrogen-bond acceptors (Lipinski definition) is 9. The van der Waals surface area contributed by atoms with Gasteiger partial charge in [-0.15, -0.1) is 0 Å². The number of sulfonamides is 1. The third-order valence-electron chi connectivity index (χ3n) is 9.43. The molecule has 4 aromatic rings. The predicted molar refractivity (Wildman–Crippen MR) is 183 cm³/mol. The molecule has 2 aromatic carbocycles. The number of aromatic nitrogens is 4. The van der Waals surface area contributed by atoms with E-state index in [0.717, 1.165) is 16.1 Å². The van der Waals surface area contributed by atoms with E-state index in [1.54, 1.807) is 29.1 Å². The van der Waals surface area contributed by atoms with Crippen LogP contribution in [-0.4, -0.2) is 62.9 Å². The van der Waals surface area contributed by atoms with Crippen molar-refractivity contribution < 1.29 is 35.8 Å². The van der Waals surface area contributed by atoms with Crippen molar-refractivity contribution in [2.45, 2.75) is 81.3 Å². The third-order valence-corrected chi connectivity index (χ3v) is 15.7. The van der Waals surface area contributed by atoms with Crippen LogP contribution in [0.3, 0.4) is 0 Å². The molecule has 5 rings (SSSR count). The first-order valence-electron chi connectivity index (χ1n) is 15.9. The van der Waals surface area contributed by atoms with Gasteiger partial charge in [-0.1, -0.05) is 20.8 Å². The summed E-state index contributed by atoms with van der Waals surface area (Å²) < 4.78 is 86.3. The second-order valence-corrected chi connectivity index (χ2v) is 20.2. The summed E-state index contributed by atoms with van der Waals surface area (Å²) in [4.78, 5) is 7.09. The summed E-state index contributed by atoms with van der Waals surface area (Å²) >= 11 is 0. The number of anilines is 1. The molecule has 264 valence electrons. The number of halogens is 2. The van der Waals surface area contributed by atoms with Crippen LogP contribution in [0.5, 0.6) is 17.2 Å². The molecule has 0 saturated heterocycles. The molecule has 0 bridgehead atoms.